The van der Waals surface area contributed by atoms with Crippen LogP contribution in [0.1, 0.15) is 33.2 Å². The standard InChI is InChI=1S/C15H15BrO4S/c1-5-7-8-10(6-2)20-12-11(16)13(9(3)17)21-14(12)15(18)19-4/h5-8H,2H2,1,3-4H3/b7-5-,10-8+. The van der Waals surface area contributed by atoms with Gasteiger partial charge in [-0.3, -0.25) is 4.79 Å². The number of carbonyl (C=O) groups excluding carboxylic acids is 2. The van der Waals surface area contributed by atoms with Gasteiger partial charge in [-0.2, -0.15) is 0 Å². The molecule has 0 atom stereocenters. The van der Waals surface area contributed by atoms with Crippen molar-refractivity contribution >= 4 is 39.0 Å². The fourth-order valence-corrected chi connectivity index (χ4v) is 3.26. The molecule has 0 saturated carbocycles. The molecule has 0 spiro atoms. The highest BCUT2D eigenvalue weighted by atomic mass is 79.9. The topological polar surface area (TPSA) is 52.6 Å². The number of esters is 1. The van der Waals surface area contributed by atoms with E-state index in [4.69, 9.17) is 9.47 Å². The third-order valence-electron chi connectivity index (χ3n) is 2.37. The van der Waals surface area contributed by atoms with Crippen LogP contribution in [0.15, 0.2) is 41.1 Å². The van der Waals surface area contributed by atoms with E-state index in [1.807, 2.05) is 13.0 Å². The zero-order valence-corrected chi connectivity index (χ0v) is 14.3. The normalized spacial score (nSPS) is 11.5. The van der Waals surface area contributed by atoms with Crippen molar-refractivity contribution in [2.75, 3.05) is 7.11 Å². The lowest BCUT2D eigenvalue weighted by atomic mass is 10.3. The number of allylic oxidation sites excluding steroid dienone is 4. The van der Waals surface area contributed by atoms with Crippen LogP contribution in [-0.2, 0) is 4.74 Å². The Hall–Kier alpha value is -1.66. The van der Waals surface area contributed by atoms with Gasteiger partial charge in [0, 0.05) is 0 Å². The number of hydrogen-bond acceptors (Lipinski definition) is 5. The van der Waals surface area contributed by atoms with Crippen LogP contribution in [0.25, 0.3) is 0 Å². The van der Waals surface area contributed by atoms with Crippen molar-refractivity contribution in [3.8, 4) is 5.75 Å². The predicted octanol–water partition coefficient (Wildman–Crippen LogP) is 4.52. The van der Waals surface area contributed by atoms with Gasteiger partial charge in [-0.15, -0.1) is 11.3 Å². The highest BCUT2D eigenvalue weighted by molar-refractivity contribution is 9.10. The number of ether oxygens (including phenoxy) is 2. The summed E-state index contributed by atoms with van der Waals surface area (Å²) in [6.07, 6.45) is 6.82. The summed E-state index contributed by atoms with van der Waals surface area (Å²) >= 11 is 4.33. The molecule has 0 saturated heterocycles. The Balaban J connectivity index is 3.35. The Morgan fingerprint density at radius 2 is 2.00 bits per heavy atom. The zero-order chi connectivity index (χ0) is 16.0. The van der Waals surface area contributed by atoms with Gasteiger partial charge >= 0.3 is 5.97 Å². The Morgan fingerprint density at radius 1 is 1.33 bits per heavy atom. The van der Waals surface area contributed by atoms with Crippen LogP contribution in [-0.4, -0.2) is 18.9 Å². The van der Waals surface area contributed by atoms with Gasteiger partial charge in [0.05, 0.1) is 16.5 Å². The van der Waals surface area contributed by atoms with Gasteiger partial charge in [0.25, 0.3) is 0 Å². The number of methoxy groups -OCH3 is 1. The fraction of sp³-hybridized carbons (Fsp3) is 0.200. The lowest BCUT2D eigenvalue weighted by molar-refractivity contribution is 0.0603. The molecule has 0 radical (unpaired) electrons. The first-order valence-corrected chi connectivity index (χ1v) is 7.62. The zero-order valence-electron chi connectivity index (χ0n) is 11.9. The first kappa shape index (κ1) is 17.4. The molecule has 1 aromatic rings. The average molecular weight is 371 g/mol. The minimum absolute atomic E-state index is 0.163. The number of hydrogen-bond donors (Lipinski definition) is 0. The molecule has 1 aromatic heterocycles. The highest BCUT2D eigenvalue weighted by Gasteiger charge is 2.26. The molecule has 0 unspecified atom stereocenters. The molecule has 0 aliphatic heterocycles. The van der Waals surface area contributed by atoms with Crippen LogP contribution < -0.4 is 4.74 Å². The molecule has 21 heavy (non-hydrogen) atoms. The third-order valence-corrected chi connectivity index (χ3v) is 4.64. The first-order chi connectivity index (χ1) is 9.96. The van der Waals surface area contributed by atoms with Crippen molar-refractivity contribution in [1.82, 2.24) is 0 Å². The van der Waals surface area contributed by atoms with Crippen LogP contribution >= 0.6 is 27.3 Å². The van der Waals surface area contributed by atoms with Crippen molar-refractivity contribution in [2.45, 2.75) is 13.8 Å². The Kier molecular flexibility index (Phi) is 6.58. The van der Waals surface area contributed by atoms with Crippen molar-refractivity contribution in [1.29, 1.82) is 0 Å². The van der Waals surface area contributed by atoms with Crippen molar-refractivity contribution in [3.05, 3.63) is 50.9 Å². The van der Waals surface area contributed by atoms with Gasteiger partial charge in [-0.1, -0.05) is 18.7 Å². The summed E-state index contributed by atoms with van der Waals surface area (Å²) in [5.41, 5.74) is 0. The second-order valence-electron chi connectivity index (χ2n) is 3.85. The van der Waals surface area contributed by atoms with E-state index in [9.17, 15) is 9.59 Å². The molecule has 0 aromatic carbocycles. The van der Waals surface area contributed by atoms with Crippen LogP contribution in [0.5, 0.6) is 5.75 Å². The van der Waals surface area contributed by atoms with Crippen LogP contribution in [0.2, 0.25) is 0 Å². The van der Waals surface area contributed by atoms with Gasteiger partial charge in [0.15, 0.2) is 16.4 Å². The number of thiophene rings is 1. The maximum Gasteiger partial charge on any atom is 0.351 e. The monoisotopic (exact) mass is 370 g/mol. The number of Topliss-reactive ketones (excluding diaryl/α,β-unsaturated/α-hetero) is 1. The van der Waals surface area contributed by atoms with E-state index < -0.39 is 5.97 Å². The van der Waals surface area contributed by atoms with E-state index in [0.29, 0.717) is 15.1 Å². The minimum Gasteiger partial charge on any atom is -0.465 e. The lowest BCUT2D eigenvalue weighted by Crippen LogP contribution is -2.02. The third kappa shape index (κ3) is 4.15. The van der Waals surface area contributed by atoms with Gasteiger partial charge in [0.2, 0.25) is 0 Å². The number of halogens is 1. The maximum absolute atomic E-state index is 11.8. The molecule has 0 aliphatic rings. The van der Waals surface area contributed by atoms with Crippen LogP contribution in [0, 0.1) is 0 Å². The predicted molar refractivity (Wildman–Crippen MR) is 87.1 cm³/mol. The van der Waals surface area contributed by atoms with Gasteiger partial charge in [-0.25, -0.2) is 4.79 Å². The molecular formula is C15H15BrO4S. The Bertz CT molecular complexity index is 626. The molecule has 0 amide bonds. The molecular weight excluding hydrogens is 356 g/mol. The summed E-state index contributed by atoms with van der Waals surface area (Å²) in [5.74, 6) is -0.0123. The highest BCUT2D eigenvalue weighted by Crippen LogP contribution is 2.41. The van der Waals surface area contributed by atoms with E-state index in [2.05, 4.69) is 22.5 Å². The average Bonchev–Trinajstić information content (AvgIpc) is 2.79. The molecule has 1 rings (SSSR count). The number of rotatable bonds is 6. The summed E-state index contributed by atoms with van der Waals surface area (Å²) < 4.78 is 10.8. The minimum atomic E-state index is -0.558. The van der Waals surface area contributed by atoms with Crippen LogP contribution in [0.4, 0.5) is 0 Å². The summed E-state index contributed by atoms with van der Waals surface area (Å²) in [6.45, 7) is 6.94. The summed E-state index contributed by atoms with van der Waals surface area (Å²) in [7, 11) is 1.28. The molecule has 4 nitrogen and oxygen atoms in total. The van der Waals surface area contributed by atoms with Crippen molar-refractivity contribution in [3.63, 3.8) is 0 Å². The summed E-state index contributed by atoms with van der Waals surface area (Å²) in [6, 6.07) is 0. The van der Waals surface area contributed by atoms with Gasteiger partial charge in [0.1, 0.15) is 5.76 Å². The molecule has 0 bridgehead atoms. The molecule has 1 heterocycles. The van der Waals surface area contributed by atoms with E-state index in [1.165, 1.54) is 20.1 Å². The molecule has 112 valence electrons. The first-order valence-electron chi connectivity index (χ1n) is 6.01. The maximum atomic E-state index is 11.8. The van der Waals surface area contributed by atoms with E-state index in [-0.39, 0.29) is 16.4 Å². The molecule has 0 aliphatic carbocycles. The molecule has 0 N–H and O–H groups in total. The van der Waals surface area contributed by atoms with E-state index in [1.54, 1.807) is 12.2 Å². The number of ketones is 1. The second-order valence-corrected chi connectivity index (χ2v) is 5.67. The van der Waals surface area contributed by atoms with Crippen molar-refractivity contribution in [2.24, 2.45) is 0 Å². The van der Waals surface area contributed by atoms with Crippen LogP contribution in [0.3, 0.4) is 0 Å². The van der Waals surface area contributed by atoms with E-state index in [0.717, 1.165) is 11.3 Å². The smallest absolute Gasteiger partial charge is 0.351 e. The molecule has 6 heteroatoms. The second kappa shape index (κ2) is 7.95. The fourth-order valence-electron chi connectivity index (χ4n) is 1.39. The summed E-state index contributed by atoms with van der Waals surface area (Å²) in [5, 5.41) is 0. The summed E-state index contributed by atoms with van der Waals surface area (Å²) in [4.78, 5) is 24.0. The van der Waals surface area contributed by atoms with Gasteiger partial charge in [-0.05, 0) is 41.9 Å². The molecule has 0 fully saturated rings. The largest absolute Gasteiger partial charge is 0.465 e. The van der Waals surface area contributed by atoms with Crippen molar-refractivity contribution < 1.29 is 19.1 Å². The number of carbonyl (C=O) groups is 2. The quantitative estimate of drug-likeness (QED) is 0.319. The lowest BCUT2D eigenvalue weighted by Gasteiger charge is -2.07. The SMILES string of the molecule is C=C/C(=C\C=C/C)Oc1c(C(=O)OC)sc(C(C)=O)c1Br. The Morgan fingerprint density at radius 3 is 2.48 bits per heavy atom. The Labute approximate surface area is 135 Å². The van der Waals surface area contributed by atoms with E-state index >= 15 is 0 Å². The van der Waals surface area contributed by atoms with Gasteiger partial charge < -0.3 is 9.47 Å².